The molecule has 10 nitrogen and oxygen atoms in total. The Morgan fingerprint density at radius 1 is 1.16 bits per heavy atom. The van der Waals surface area contributed by atoms with Crippen LogP contribution in [-0.2, 0) is 14.8 Å². The zero-order chi connectivity index (χ0) is 22.4. The fourth-order valence-corrected chi connectivity index (χ4v) is 4.26. The third-order valence-electron chi connectivity index (χ3n) is 4.38. The van der Waals surface area contributed by atoms with Gasteiger partial charge >= 0.3 is 12.0 Å². The summed E-state index contributed by atoms with van der Waals surface area (Å²) in [5.41, 5.74) is 0.214. The number of ether oxygens (including phenoxy) is 1. The molecule has 0 spiro atoms. The van der Waals surface area contributed by atoms with Crippen LogP contribution in [0.1, 0.15) is 37.0 Å². The number of hydrogen-bond donors (Lipinski definition) is 2. The summed E-state index contributed by atoms with van der Waals surface area (Å²) < 4.78 is 32.4. The number of benzene rings is 1. The quantitative estimate of drug-likeness (QED) is 0.402. The number of aromatic nitrogens is 3. The minimum Gasteiger partial charge on any atom is -0.462 e. The number of rotatable bonds is 8. The van der Waals surface area contributed by atoms with Gasteiger partial charge in [-0.05, 0) is 31.5 Å². The molecular weight excluding hydrogens is 422 g/mol. The van der Waals surface area contributed by atoms with Gasteiger partial charge in [0, 0.05) is 11.9 Å². The predicted octanol–water partition coefficient (Wildman–Crippen LogP) is 2.84. The molecule has 0 saturated carbocycles. The summed E-state index contributed by atoms with van der Waals surface area (Å²) in [5, 5.41) is 8.80. The second-order valence-electron chi connectivity index (χ2n) is 6.55. The zero-order valence-electron chi connectivity index (χ0n) is 17.2. The molecule has 1 aromatic carbocycles. The lowest BCUT2D eigenvalue weighted by Gasteiger charge is -2.22. The number of carbonyl (C=O) groups is 2. The first-order chi connectivity index (χ1) is 14.9. The van der Waals surface area contributed by atoms with Crippen LogP contribution in [0.2, 0.25) is 0 Å². The van der Waals surface area contributed by atoms with Crippen molar-refractivity contribution in [3.05, 3.63) is 48.2 Å². The van der Waals surface area contributed by atoms with E-state index in [4.69, 9.17) is 4.74 Å². The minimum atomic E-state index is -4.57. The van der Waals surface area contributed by atoms with Gasteiger partial charge in [0.25, 0.3) is 10.0 Å². The average Bonchev–Trinajstić information content (AvgIpc) is 3.25. The summed E-state index contributed by atoms with van der Waals surface area (Å²) in [4.78, 5) is 29.5. The number of urea groups is 1. The molecule has 164 valence electrons. The highest BCUT2D eigenvalue weighted by Crippen LogP contribution is 2.26. The monoisotopic (exact) mass is 445 g/mol. The van der Waals surface area contributed by atoms with E-state index in [-0.39, 0.29) is 24.5 Å². The summed E-state index contributed by atoms with van der Waals surface area (Å²) >= 11 is 0. The van der Waals surface area contributed by atoms with Crippen LogP contribution in [0.25, 0.3) is 10.9 Å². The fourth-order valence-electron chi connectivity index (χ4n) is 2.87. The van der Waals surface area contributed by atoms with Crippen molar-refractivity contribution in [2.45, 2.75) is 31.7 Å². The standard InChI is InChI=1S/C20H23N5O5S/c1-3-5-12-21-20(27)25(17-11-10-14-8-6-7-9-16(14)23-17)31(28,29)18-15(13-22-24-18)19(26)30-4-2/h6-11,13H,3-5,12H2,1-2H3,(H,21,27)(H,22,24). The molecule has 0 atom stereocenters. The highest BCUT2D eigenvalue weighted by Gasteiger charge is 2.37. The van der Waals surface area contributed by atoms with E-state index in [0.29, 0.717) is 16.2 Å². The maximum atomic E-state index is 13.5. The van der Waals surface area contributed by atoms with Gasteiger partial charge in [0.05, 0.1) is 18.3 Å². The lowest BCUT2D eigenvalue weighted by molar-refractivity contribution is 0.0521. The van der Waals surface area contributed by atoms with Gasteiger partial charge in [-0.1, -0.05) is 31.5 Å². The number of fused-ring (bicyclic) bond motifs is 1. The smallest absolute Gasteiger partial charge is 0.342 e. The second-order valence-corrected chi connectivity index (χ2v) is 8.27. The van der Waals surface area contributed by atoms with E-state index in [0.717, 1.165) is 18.0 Å². The van der Waals surface area contributed by atoms with E-state index in [1.54, 1.807) is 25.1 Å². The van der Waals surface area contributed by atoms with Crippen LogP contribution in [0.4, 0.5) is 10.6 Å². The molecule has 2 aromatic heterocycles. The van der Waals surface area contributed by atoms with E-state index in [9.17, 15) is 18.0 Å². The number of hydrogen-bond acceptors (Lipinski definition) is 7. The number of para-hydroxylation sites is 1. The van der Waals surface area contributed by atoms with Crippen molar-refractivity contribution in [3.8, 4) is 0 Å². The number of esters is 1. The van der Waals surface area contributed by atoms with Crippen molar-refractivity contribution >= 4 is 38.7 Å². The number of aromatic amines is 1. The van der Waals surface area contributed by atoms with Crippen LogP contribution in [0, 0.1) is 0 Å². The first-order valence-corrected chi connectivity index (χ1v) is 11.2. The Labute approximate surface area is 179 Å². The van der Waals surface area contributed by atoms with Gasteiger partial charge in [-0.25, -0.2) is 14.6 Å². The molecule has 0 radical (unpaired) electrons. The highest BCUT2D eigenvalue weighted by atomic mass is 32.2. The van der Waals surface area contributed by atoms with E-state index in [2.05, 4.69) is 20.5 Å². The molecule has 0 bridgehead atoms. The molecule has 3 rings (SSSR count). The molecule has 0 aliphatic heterocycles. The van der Waals surface area contributed by atoms with Crippen LogP contribution in [0.3, 0.4) is 0 Å². The second kappa shape index (κ2) is 9.56. The van der Waals surface area contributed by atoms with Crippen molar-refractivity contribution in [2.75, 3.05) is 17.5 Å². The topological polar surface area (TPSA) is 134 Å². The zero-order valence-corrected chi connectivity index (χ0v) is 18.0. The molecule has 2 amide bonds. The average molecular weight is 446 g/mol. The SMILES string of the molecule is CCCCNC(=O)N(c1ccc2ccccc2n1)S(=O)(=O)c1[nH]ncc1C(=O)OCC. The first-order valence-electron chi connectivity index (χ1n) is 9.79. The van der Waals surface area contributed by atoms with Crippen molar-refractivity contribution < 1.29 is 22.7 Å². The van der Waals surface area contributed by atoms with Gasteiger partial charge in [0.2, 0.25) is 0 Å². The van der Waals surface area contributed by atoms with Crippen LogP contribution < -0.4 is 9.62 Å². The normalized spacial score (nSPS) is 11.3. The van der Waals surface area contributed by atoms with Crippen LogP contribution in [-0.4, -0.2) is 48.8 Å². The number of pyridine rings is 1. The van der Waals surface area contributed by atoms with Crippen molar-refractivity contribution in [2.24, 2.45) is 0 Å². The molecule has 2 heterocycles. The number of nitrogens with one attached hydrogen (secondary N) is 2. The van der Waals surface area contributed by atoms with Gasteiger partial charge < -0.3 is 10.1 Å². The van der Waals surface area contributed by atoms with Gasteiger partial charge in [-0.15, -0.1) is 0 Å². The maximum Gasteiger partial charge on any atom is 0.342 e. The Balaban J connectivity index is 2.10. The van der Waals surface area contributed by atoms with E-state index >= 15 is 0 Å². The Hall–Kier alpha value is -3.47. The number of carbonyl (C=O) groups excluding carboxylic acids is 2. The summed E-state index contributed by atoms with van der Waals surface area (Å²) in [7, 11) is -4.57. The highest BCUT2D eigenvalue weighted by molar-refractivity contribution is 7.93. The lowest BCUT2D eigenvalue weighted by atomic mass is 10.2. The molecule has 0 saturated heterocycles. The Morgan fingerprint density at radius 2 is 1.94 bits per heavy atom. The Bertz CT molecular complexity index is 1190. The first kappa shape index (κ1) is 22.2. The number of anilines is 1. The molecule has 3 aromatic rings. The van der Waals surface area contributed by atoms with E-state index < -0.39 is 27.0 Å². The molecule has 2 N–H and O–H groups in total. The number of sulfonamides is 1. The number of unbranched alkanes of at least 4 members (excludes halogenated alkanes) is 1. The van der Waals surface area contributed by atoms with Crippen LogP contribution in [0.15, 0.2) is 47.6 Å². The maximum absolute atomic E-state index is 13.5. The number of nitrogens with zero attached hydrogens (tertiary/aromatic N) is 3. The van der Waals surface area contributed by atoms with Gasteiger partial charge in [0.1, 0.15) is 5.56 Å². The van der Waals surface area contributed by atoms with Crippen LogP contribution in [0.5, 0.6) is 0 Å². The summed E-state index contributed by atoms with van der Waals surface area (Å²) in [5.74, 6) is -0.982. The van der Waals surface area contributed by atoms with Gasteiger partial charge in [-0.2, -0.15) is 17.8 Å². The van der Waals surface area contributed by atoms with Gasteiger partial charge in [-0.3, -0.25) is 5.10 Å². The summed E-state index contributed by atoms with van der Waals surface area (Å²) in [6.45, 7) is 3.88. The number of amides is 2. The Kier molecular flexibility index (Phi) is 6.85. The van der Waals surface area contributed by atoms with Crippen molar-refractivity contribution in [3.63, 3.8) is 0 Å². The van der Waals surface area contributed by atoms with E-state index in [1.165, 1.54) is 6.07 Å². The molecule has 0 unspecified atom stereocenters. The summed E-state index contributed by atoms with van der Waals surface area (Å²) in [6.07, 6.45) is 2.53. The largest absolute Gasteiger partial charge is 0.462 e. The van der Waals surface area contributed by atoms with Crippen molar-refractivity contribution in [1.29, 1.82) is 0 Å². The Morgan fingerprint density at radius 3 is 2.68 bits per heavy atom. The lowest BCUT2D eigenvalue weighted by Crippen LogP contribution is -2.45. The molecule has 0 aliphatic carbocycles. The molecular formula is C20H23N5O5S. The van der Waals surface area contributed by atoms with E-state index in [1.807, 2.05) is 19.1 Å². The van der Waals surface area contributed by atoms with Crippen molar-refractivity contribution in [1.82, 2.24) is 20.5 Å². The predicted molar refractivity (Wildman–Crippen MR) is 114 cm³/mol. The minimum absolute atomic E-state index is 0.0525. The molecule has 0 aliphatic rings. The number of H-pyrrole nitrogens is 1. The van der Waals surface area contributed by atoms with Gasteiger partial charge in [0.15, 0.2) is 10.8 Å². The molecule has 11 heteroatoms. The summed E-state index contributed by atoms with van der Waals surface area (Å²) in [6, 6.07) is 9.32. The third-order valence-corrected chi connectivity index (χ3v) is 6.04. The molecule has 0 fully saturated rings. The fraction of sp³-hybridized carbons (Fsp3) is 0.300. The molecule has 31 heavy (non-hydrogen) atoms. The third kappa shape index (κ3) is 4.66. The van der Waals surface area contributed by atoms with Crippen LogP contribution >= 0.6 is 0 Å².